The second-order valence-corrected chi connectivity index (χ2v) is 4.97. The molecule has 1 aliphatic rings. The van der Waals surface area contributed by atoms with Gasteiger partial charge in [0.05, 0.1) is 5.56 Å². The van der Waals surface area contributed by atoms with Gasteiger partial charge < -0.3 is 5.73 Å². The van der Waals surface area contributed by atoms with Crippen molar-refractivity contribution < 1.29 is 13.2 Å². The normalized spacial score (nSPS) is 20.1. The molecule has 4 heteroatoms. The monoisotopic (exact) mass is 243 g/mol. The van der Waals surface area contributed by atoms with E-state index < -0.39 is 11.7 Å². The number of hydrogen-bond donors (Lipinski definition) is 1. The Morgan fingerprint density at radius 2 is 1.88 bits per heavy atom. The number of aryl methyl sites for hydroxylation is 1. The van der Waals surface area contributed by atoms with E-state index >= 15 is 0 Å². The largest absolute Gasteiger partial charge is 0.416 e. The first-order valence-electron chi connectivity index (χ1n) is 5.71. The second kappa shape index (κ2) is 3.73. The molecule has 1 aromatic rings. The third kappa shape index (κ3) is 2.06. The summed E-state index contributed by atoms with van der Waals surface area (Å²) in [6.45, 7) is 3.35. The van der Waals surface area contributed by atoms with Crippen LogP contribution in [0.15, 0.2) is 18.2 Å². The van der Waals surface area contributed by atoms with Crippen molar-refractivity contribution in [1.29, 1.82) is 0 Å². The van der Waals surface area contributed by atoms with Crippen LogP contribution in [0.25, 0.3) is 0 Å². The van der Waals surface area contributed by atoms with Gasteiger partial charge in [0, 0.05) is 11.5 Å². The molecule has 1 fully saturated rings. The zero-order valence-corrected chi connectivity index (χ0v) is 9.93. The van der Waals surface area contributed by atoms with Gasteiger partial charge in [-0.3, -0.25) is 0 Å². The average molecular weight is 243 g/mol. The first kappa shape index (κ1) is 12.4. The van der Waals surface area contributed by atoms with Crippen molar-refractivity contribution in [3.05, 3.63) is 34.9 Å². The molecular weight excluding hydrogens is 227 g/mol. The molecule has 1 aliphatic carbocycles. The fourth-order valence-corrected chi connectivity index (χ4v) is 2.38. The molecule has 1 unspecified atom stereocenters. The Hall–Kier alpha value is -1.03. The highest BCUT2D eigenvalue weighted by molar-refractivity contribution is 5.41. The van der Waals surface area contributed by atoms with E-state index in [1.807, 2.05) is 6.92 Å². The highest BCUT2D eigenvalue weighted by atomic mass is 19.4. The van der Waals surface area contributed by atoms with Crippen LogP contribution in [0.1, 0.15) is 36.5 Å². The Balaban J connectivity index is 2.46. The van der Waals surface area contributed by atoms with E-state index in [2.05, 4.69) is 0 Å². The van der Waals surface area contributed by atoms with Gasteiger partial charge in [0.15, 0.2) is 0 Å². The molecule has 0 aromatic heterocycles. The minimum absolute atomic E-state index is 0.105. The summed E-state index contributed by atoms with van der Waals surface area (Å²) >= 11 is 0. The van der Waals surface area contributed by atoms with E-state index in [-0.39, 0.29) is 17.0 Å². The van der Waals surface area contributed by atoms with Gasteiger partial charge in [0.25, 0.3) is 0 Å². The number of halogens is 3. The Bertz CT molecular complexity index is 431. The van der Waals surface area contributed by atoms with E-state index in [0.717, 1.165) is 18.4 Å². The summed E-state index contributed by atoms with van der Waals surface area (Å²) in [6, 6.07) is 4.49. The summed E-state index contributed by atoms with van der Waals surface area (Å²) in [5.41, 5.74) is 6.11. The van der Waals surface area contributed by atoms with Gasteiger partial charge in [-0.25, -0.2) is 0 Å². The highest BCUT2D eigenvalue weighted by Gasteiger charge is 2.48. The summed E-state index contributed by atoms with van der Waals surface area (Å²) < 4.78 is 38.4. The lowest BCUT2D eigenvalue weighted by Crippen LogP contribution is -2.31. The van der Waals surface area contributed by atoms with Crippen LogP contribution >= 0.6 is 0 Å². The summed E-state index contributed by atoms with van der Waals surface area (Å²) in [4.78, 5) is 0. The standard InChI is InChI=1S/C13H16F3N/c1-8-3-4-10(7-11(8)13(14,15)16)12(5-6-12)9(2)17/h3-4,7,9H,5-6,17H2,1-2H3. The van der Waals surface area contributed by atoms with Crippen molar-refractivity contribution in [2.45, 2.75) is 44.3 Å². The molecule has 1 atom stereocenters. The highest BCUT2D eigenvalue weighted by Crippen LogP contribution is 2.51. The summed E-state index contributed by atoms with van der Waals surface area (Å²) in [5.74, 6) is 0. The van der Waals surface area contributed by atoms with E-state index in [4.69, 9.17) is 5.73 Å². The van der Waals surface area contributed by atoms with Gasteiger partial charge in [-0.2, -0.15) is 13.2 Å². The number of benzene rings is 1. The fourth-order valence-electron chi connectivity index (χ4n) is 2.38. The van der Waals surface area contributed by atoms with Gasteiger partial charge in [-0.1, -0.05) is 12.1 Å². The number of hydrogen-bond acceptors (Lipinski definition) is 1. The molecule has 0 saturated heterocycles. The molecule has 2 N–H and O–H groups in total. The lowest BCUT2D eigenvalue weighted by atomic mass is 9.87. The van der Waals surface area contributed by atoms with Crippen LogP contribution in [0.4, 0.5) is 13.2 Å². The quantitative estimate of drug-likeness (QED) is 0.846. The van der Waals surface area contributed by atoms with Gasteiger partial charge in [0.1, 0.15) is 0 Å². The fraction of sp³-hybridized carbons (Fsp3) is 0.538. The minimum atomic E-state index is -4.28. The van der Waals surface area contributed by atoms with E-state index in [0.29, 0.717) is 0 Å². The zero-order valence-electron chi connectivity index (χ0n) is 9.93. The molecule has 0 aliphatic heterocycles. The Labute approximate surface area is 98.8 Å². The van der Waals surface area contributed by atoms with Crippen molar-refractivity contribution in [3.63, 3.8) is 0 Å². The van der Waals surface area contributed by atoms with Gasteiger partial charge in [-0.15, -0.1) is 0 Å². The summed E-state index contributed by atoms with van der Waals surface area (Å²) in [5, 5.41) is 0. The van der Waals surface area contributed by atoms with Crippen LogP contribution in [-0.2, 0) is 11.6 Å². The lowest BCUT2D eigenvalue weighted by Gasteiger charge is -2.22. The maximum atomic E-state index is 12.8. The van der Waals surface area contributed by atoms with Gasteiger partial charge in [0.2, 0.25) is 0 Å². The molecule has 0 bridgehead atoms. The van der Waals surface area contributed by atoms with Crippen LogP contribution in [0.2, 0.25) is 0 Å². The van der Waals surface area contributed by atoms with Gasteiger partial charge in [-0.05, 0) is 43.9 Å². The first-order chi connectivity index (χ1) is 7.77. The molecule has 1 saturated carbocycles. The Morgan fingerprint density at radius 1 is 1.29 bits per heavy atom. The van der Waals surface area contributed by atoms with Crippen molar-refractivity contribution in [2.75, 3.05) is 0 Å². The van der Waals surface area contributed by atoms with Crippen molar-refractivity contribution >= 4 is 0 Å². The maximum Gasteiger partial charge on any atom is 0.416 e. The number of alkyl halides is 3. The molecule has 0 spiro atoms. The minimum Gasteiger partial charge on any atom is -0.327 e. The summed E-state index contributed by atoms with van der Waals surface area (Å²) in [7, 11) is 0. The third-order valence-corrected chi connectivity index (χ3v) is 3.78. The molecule has 0 amide bonds. The van der Waals surface area contributed by atoms with Crippen LogP contribution < -0.4 is 5.73 Å². The predicted octanol–water partition coefficient (Wildman–Crippen LogP) is 3.39. The average Bonchev–Trinajstić information content (AvgIpc) is 2.97. The van der Waals surface area contributed by atoms with Crippen LogP contribution in [0, 0.1) is 6.92 Å². The number of nitrogens with two attached hydrogens (primary N) is 1. The Kier molecular flexibility index (Phi) is 2.73. The van der Waals surface area contributed by atoms with Crippen LogP contribution in [0.3, 0.4) is 0 Å². The SMILES string of the molecule is Cc1ccc(C2(C(C)N)CC2)cc1C(F)(F)F. The predicted molar refractivity (Wildman–Crippen MR) is 60.7 cm³/mol. The van der Waals surface area contributed by atoms with E-state index in [1.54, 1.807) is 12.1 Å². The smallest absolute Gasteiger partial charge is 0.327 e. The molecule has 0 heterocycles. The Morgan fingerprint density at radius 3 is 2.29 bits per heavy atom. The second-order valence-electron chi connectivity index (χ2n) is 4.97. The summed E-state index contributed by atoms with van der Waals surface area (Å²) in [6.07, 6.45) is -2.52. The van der Waals surface area contributed by atoms with Crippen molar-refractivity contribution in [2.24, 2.45) is 5.73 Å². The number of rotatable bonds is 2. The maximum absolute atomic E-state index is 12.8. The molecule has 94 valence electrons. The topological polar surface area (TPSA) is 26.0 Å². The first-order valence-corrected chi connectivity index (χ1v) is 5.71. The molecule has 1 aromatic carbocycles. The third-order valence-electron chi connectivity index (χ3n) is 3.78. The molecular formula is C13H16F3N. The van der Waals surface area contributed by atoms with Crippen molar-refractivity contribution in [3.8, 4) is 0 Å². The zero-order chi connectivity index (χ0) is 12.8. The molecule has 17 heavy (non-hydrogen) atoms. The van der Waals surface area contributed by atoms with Gasteiger partial charge >= 0.3 is 6.18 Å². The van der Waals surface area contributed by atoms with E-state index in [9.17, 15) is 13.2 Å². The lowest BCUT2D eigenvalue weighted by molar-refractivity contribution is -0.138. The van der Waals surface area contributed by atoms with Crippen LogP contribution in [-0.4, -0.2) is 6.04 Å². The molecule has 0 radical (unpaired) electrons. The van der Waals surface area contributed by atoms with E-state index in [1.165, 1.54) is 13.0 Å². The van der Waals surface area contributed by atoms with Crippen molar-refractivity contribution in [1.82, 2.24) is 0 Å². The molecule has 1 nitrogen and oxygen atoms in total. The van der Waals surface area contributed by atoms with Crippen LogP contribution in [0.5, 0.6) is 0 Å². The molecule has 2 rings (SSSR count).